The standard InChI is InChI=1S/C12H18FN3O2S/c1-16-6-4-10(5-7-16)15-19(17,18)12-3-2-9(13)8-11(12)14/h2-3,8,10,15H,4-7,14H2,1H3. The fraction of sp³-hybridized carbons (Fsp3) is 0.500. The van der Waals surface area contributed by atoms with Gasteiger partial charge in [0.05, 0.1) is 5.69 Å². The number of halogens is 1. The monoisotopic (exact) mass is 287 g/mol. The van der Waals surface area contributed by atoms with E-state index in [-0.39, 0.29) is 16.6 Å². The Hall–Kier alpha value is -1.18. The Bertz CT molecular complexity index is 554. The van der Waals surface area contributed by atoms with Crippen molar-refractivity contribution in [2.45, 2.75) is 23.8 Å². The van der Waals surface area contributed by atoms with Crippen molar-refractivity contribution in [2.75, 3.05) is 25.9 Å². The normalized spacial score (nSPS) is 18.6. The number of hydrogen-bond acceptors (Lipinski definition) is 4. The van der Waals surface area contributed by atoms with Gasteiger partial charge in [-0.1, -0.05) is 0 Å². The zero-order valence-corrected chi connectivity index (χ0v) is 11.6. The van der Waals surface area contributed by atoms with Gasteiger partial charge in [-0.25, -0.2) is 17.5 Å². The molecule has 0 aromatic heterocycles. The summed E-state index contributed by atoms with van der Waals surface area (Å²) in [7, 11) is -1.68. The molecule has 1 aliphatic rings. The first-order valence-electron chi connectivity index (χ1n) is 6.14. The molecule has 1 aromatic rings. The Kier molecular flexibility index (Phi) is 4.07. The number of anilines is 1. The SMILES string of the molecule is CN1CCC(NS(=O)(=O)c2ccc(F)cc2N)CC1. The van der Waals surface area contributed by atoms with Crippen LogP contribution in [0.4, 0.5) is 10.1 Å². The Morgan fingerprint density at radius 1 is 1.37 bits per heavy atom. The molecule has 0 bridgehead atoms. The smallest absolute Gasteiger partial charge is 0.242 e. The maximum Gasteiger partial charge on any atom is 0.242 e. The van der Waals surface area contributed by atoms with E-state index in [2.05, 4.69) is 9.62 Å². The highest BCUT2D eigenvalue weighted by atomic mass is 32.2. The third-order valence-electron chi connectivity index (χ3n) is 3.30. The minimum atomic E-state index is -3.69. The highest BCUT2D eigenvalue weighted by Crippen LogP contribution is 2.20. The number of benzene rings is 1. The van der Waals surface area contributed by atoms with Crippen LogP contribution in [0.1, 0.15) is 12.8 Å². The van der Waals surface area contributed by atoms with Crippen LogP contribution in [-0.2, 0) is 10.0 Å². The fourth-order valence-corrected chi connectivity index (χ4v) is 3.59. The molecule has 5 nitrogen and oxygen atoms in total. The predicted octanol–water partition coefficient (Wildman–Crippen LogP) is 0.780. The molecule has 2 rings (SSSR count). The van der Waals surface area contributed by atoms with E-state index in [1.807, 2.05) is 7.05 Å². The van der Waals surface area contributed by atoms with Crippen LogP contribution in [0.25, 0.3) is 0 Å². The molecule has 0 aliphatic carbocycles. The second-order valence-corrected chi connectivity index (χ2v) is 6.56. The van der Waals surface area contributed by atoms with Gasteiger partial charge in [0.2, 0.25) is 10.0 Å². The number of nitrogens with one attached hydrogen (secondary N) is 1. The van der Waals surface area contributed by atoms with Crippen molar-refractivity contribution in [1.29, 1.82) is 0 Å². The van der Waals surface area contributed by atoms with Gasteiger partial charge < -0.3 is 10.6 Å². The number of nitrogens with two attached hydrogens (primary N) is 1. The van der Waals surface area contributed by atoms with Crippen molar-refractivity contribution in [2.24, 2.45) is 0 Å². The molecule has 0 radical (unpaired) electrons. The van der Waals surface area contributed by atoms with E-state index >= 15 is 0 Å². The Labute approximate surface area is 112 Å². The minimum absolute atomic E-state index is 0.0622. The van der Waals surface area contributed by atoms with E-state index in [0.717, 1.165) is 38.1 Å². The number of sulfonamides is 1. The Morgan fingerprint density at radius 2 is 2.00 bits per heavy atom. The summed E-state index contributed by atoms with van der Waals surface area (Å²) in [6.07, 6.45) is 1.52. The molecule has 0 spiro atoms. The van der Waals surface area contributed by atoms with Crippen molar-refractivity contribution in [3.8, 4) is 0 Å². The van der Waals surface area contributed by atoms with E-state index in [9.17, 15) is 12.8 Å². The topological polar surface area (TPSA) is 75.4 Å². The van der Waals surface area contributed by atoms with Crippen LogP contribution in [0.3, 0.4) is 0 Å². The average molecular weight is 287 g/mol. The second kappa shape index (κ2) is 5.44. The second-order valence-electron chi connectivity index (χ2n) is 4.88. The molecule has 0 saturated carbocycles. The summed E-state index contributed by atoms with van der Waals surface area (Å²) in [5.74, 6) is -0.546. The molecule has 1 heterocycles. The van der Waals surface area contributed by atoms with E-state index in [1.165, 1.54) is 6.07 Å². The van der Waals surface area contributed by atoms with E-state index in [4.69, 9.17) is 5.73 Å². The highest BCUT2D eigenvalue weighted by Gasteiger charge is 2.24. The third-order valence-corrected chi connectivity index (χ3v) is 4.90. The lowest BCUT2D eigenvalue weighted by molar-refractivity contribution is 0.248. The Morgan fingerprint density at radius 3 is 2.58 bits per heavy atom. The van der Waals surface area contributed by atoms with Gasteiger partial charge in [-0.2, -0.15) is 0 Å². The Balaban J connectivity index is 2.14. The van der Waals surface area contributed by atoms with Crippen LogP contribution in [0, 0.1) is 5.82 Å². The highest BCUT2D eigenvalue weighted by molar-refractivity contribution is 7.89. The van der Waals surface area contributed by atoms with Gasteiger partial charge in [0.25, 0.3) is 0 Å². The van der Waals surface area contributed by atoms with Crippen LogP contribution in [-0.4, -0.2) is 39.5 Å². The predicted molar refractivity (Wildman–Crippen MR) is 71.7 cm³/mol. The van der Waals surface area contributed by atoms with Gasteiger partial charge in [-0.05, 0) is 51.2 Å². The molecule has 1 aliphatic heterocycles. The molecule has 1 aromatic carbocycles. The molecule has 106 valence electrons. The maximum absolute atomic E-state index is 12.9. The maximum atomic E-state index is 12.9. The van der Waals surface area contributed by atoms with Crippen molar-refractivity contribution >= 4 is 15.7 Å². The van der Waals surface area contributed by atoms with Crippen LogP contribution >= 0.6 is 0 Å². The molecule has 0 unspecified atom stereocenters. The molecule has 1 saturated heterocycles. The van der Waals surface area contributed by atoms with Crippen LogP contribution in [0.2, 0.25) is 0 Å². The van der Waals surface area contributed by atoms with Crippen LogP contribution in [0.15, 0.2) is 23.1 Å². The van der Waals surface area contributed by atoms with E-state index < -0.39 is 15.8 Å². The lowest BCUT2D eigenvalue weighted by Gasteiger charge is -2.29. The van der Waals surface area contributed by atoms with E-state index in [0.29, 0.717) is 0 Å². The molecular weight excluding hydrogens is 269 g/mol. The summed E-state index contributed by atoms with van der Waals surface area (Å²) in [6, 6.07) is 3.22. The number of hydrogen-bond donors (Lipinski definition) is 2. The first-order chi connectivity index (χ1) is 8.88. The van der Waals surface area contributed by atoms with Crippen LogP contribution in [0.5, 0.6) is 0 Å². The van der Waals surface area contributed by atoms with Crippen molar-refractivity contribution in [3.05, 3.63) is 24.0 Å². The summed E-state index contributed by atoms with van der Waals surface area (Å²) >= 11 is 0. The summed E-state index contributed by atoms with van der Waals surface area (Å²) < 4.78 is 39.9. The number of likely N-dealkylation sites (tertiary alicyclic amines) is 1. The number of nitrogen functional groups attached to an aromatic ring is 1. The molecule has 19 heavy (non-hydrogen) atoms. The van der Waals surface area contributed by atoms with Crippen molar-refractivity contribution < 1.29 is 12.8 Å². The first kappa shape index (κ1) is 14.2. The first-order valence-corrected chi connectivity index (χ1v) is 7.63. The minimum Gasteiger partial charge on any atom is -0.398 e. The summed E-state index contributed by atoms with van der Waals surface area (Å²) in [5.41, 5.74) is 5.50. The summed E-state index contributed by atoms with van der Waals surface area (Å²) in [5, 5.41) is 0. The van der Waals surface area contributed by atoms with Crippen molar-refractivity contribution in [1.82, 2.24) is 9.62 Å². The molecule has 3 N–H and O–H groups in total. The van der Waals surface area contributed by atoms with Crippen molar-refractivity contribution in [3.63, 3.8) is 0 Å². The lowest BCUT2D eigenvalue weighted by Crippen LogP contribution is -2.43. The largest absolute Gasteiger partial charge is 0.398 e. The molecule has 7 heteroatoms. The summed E-state index contributed by atoms with van der Waals surface area (Å²) in [4.78, 5) is 2.09. The van der Waals surface area contributed by atoms with Gasteiger partial charge in [-0.3, -0.25) is 0 Å². The van der Waals surface area contributed by atoms with Gasteiger partial charge in [0, 0.05) is 6.04 Å². The molecular formula is C12H18FN3O2S. The lowest BCUT2D eigenvalue weighted by atomic mass is 10.1. The molecule has 1 fully saturated rings. The van der Waals surface area contributed by atoms with Gasteiger partial charge >= 0.3 is 0 Å². The van der Waals surface area contributed by atoms with Gasteiger partial charge in [0.1, 0.15) is 10.7 Å². The third kappa shape index (κ3) is 3.43. The number of piperidine rings is 1. The average Bonchev–Trinajstić information content (AvgIpc) is 2.31. The fourth-order valence-electron chi connectivity index (χ4n) is 2.17. The summed E-state index contributed by atoms with van der Waals surface area (Å²) in [6.45, 7) is 1.71. The zero-order chi connectivity index (χ0) is 14.0. The molecule has 0 amide bonds. The number of nitrogens with zero attached hydrogens (tertiary/aromatic N) is 1. The quantitative estimate of drug-likeness (QED) is 0.806. The van der Waals surface area contributed by atoms with E-state index in [1.54, 1.807) is 0 Å². The molecule has 0 atom stereocenters. The zero-order valence-electron chi connectivity index (χ0n) is 10.8. The van der Waals surface area contributed by atoms with Gasteiger partial charge in [-0.15, -0.1) is 0 Å². The van der Waals surface area contributed by atoms with Gasteiger partial charge in [0.15, 0.2) is 0 Å². The van der Waals surface area contributed by atoms with Crippen LogP contribution < -0.4 is 10.5 Å². The number of rotatable bonds is 3.